The average Bonchev–Trinajstić information content (AvgIpc) is 2.28. The molecule has 16 heavy (non-hydrogen) atoms. The lowest BCUT2D eigenvalue weighted by Gasteiger charge is -2.06. The molecule has 0 radical (unpaired) electrons. The molecule has 0 fully saturated rings. The first-order valence-electron chi connectivity index (χ1n) is 4.70. The van der Waals surface area contributed by atoms with E-state index in [9.17, 15) is 4.39 Å². The predicted octanol–water partition coefficient (Wildman–Crippen LogP) is 4.08. The summed E-state index contributed by atoms with van der Waals surface area (Å²) in [5, 5.41) is 0.243. The maximum Gasteiger partial charge on any atom is 0.179 e. The summed E-state index contributed by atoms with van der Waals surface area (Å²) < 4.78 is 18.7. The van der Waals surface area contributed by atoms with Gasteiger partial charge in [-0.3, -0.25) is 0 Å². The van der Waals surface area contributed by atoms with Crippen LogP contribution in [0.3, 0.4) is 0 Å². The summed E-state index contributed by atoms with van der Waals surface area (Å²) in [4.78, 5) is 3.89. The molecule has 0 saturated carbocycles. The Kier molecular flexibility index (Phi) is 3.17. The third-order valence-electron chi connectivity index (χ3n) is 2.11. The molecule has 2 nitrogen and oxygen atoms in total. The Morgan fingerprint density at radius 2 is 2.12 bits per heavy atom. The molecule has 0 bridgehead atoms. The monoisotopic (exact) mass is 259 g/mol. The zero-order chi connectivity index (χ0) is 11.7. The van der Waals surface area contributed by atoms with Crippen molar-refractivity contribution in [1.82, 2.24) is 4.98 Å². The highest BCUT2D eigenvalue weighted by Crippen LogP contribution is 2.31. The number of fused-ring (bicyclic) bond motifs is 1. The molecule has 0 unspecified atom stereocenters. The first-order valence-corrected chi connectivity index (χ1v) is 5.46. The Morgan fingerprint density at radius 3 is 2.81 bits per heavy atom. The fourth-order valence-electron chi connectivity index (χ4n) is 1.41. The summed E-state index contributed by atoms with van der Waals surface area (Å²) in [5.74, 6) is -0.0788. The highest BCUT2D eigenvalue weighted by atomic mass is 35.5. The van der Waals surface area contributed by atoms with Gasteiger partial charge >= 0.3 is 0 Å². The van der Waals surface area contributed by atoms with E-state index in [1.807, 2.05) is 6.92 Å². The van der Waals surface area contributed by atoms with Gasteiger partial charge in [0.05, 0.1) is 17.1 Å². The average molecular weight is 260 g/mol. The molecular formula is C11H8Cl2FNO. The molecule has 1 heterocycles. The van der Waals surface area contributed by atoms with E-state index in [-0.39, 0.29) is 10.2 Å². The van der Waals surface area contributed by atoms with Crippen LogP contribution in [0.4, 0.5) is 4.39 Å². The van der Waals surface area contributed by atoms with Gasteiger partial charge in [-0.25, -0.2) is 9.37 Å². The summed E-state index contributed by atoms with van der Waals surface area (Å²) in [6.07, 6.45) is 0. The van der Waals surface area contributed by atoms with Crippen molar-refractivity contribution < 1.29 is 9.13 Å². The first kappa shape index (κ1) is 11.4. The van der Waals surface area contributed by atoms with Crippen LogP contribution in [0.5, 0.6) is 5.75 Å². The van der Waals surface area contributed by atoms with E-state index in [2.05, 4.69) is 4.98 Å². The van der Waals surface area contributed by atoms with Crippen molar-refractivity contribution in [3.05, 3.63) is 34.2 Å². The molecule has 0 aliphatic rings. The molecule has 0 amide bonds. The second-order valence-electron chi connectivity index (χ2n) is 3.14. The highest BCUT2D eigenvalue weighted by molar-refractivity contribution is 6.38. The number of benzene rings is 1. The Bertz CT molecular complexity index is 545. The first-order chi connectivity index (χ1) is 7.63. The number of pyridine rings is 1. The Hall–Kier alpha value is -1.06. The minimum atomic E-state index is -0.704. The Labute approximate surface area is 102 Å². The van der Waals surface area contributed by atoms with E-state index in [4.69, 9.17) is 27.9 Å². The van der Waals surface area contributed by atoms with Gasteiger partial charge in [-0.05, 0) is 25.1 Å². The van der Waals surface area contributed by atoms with Crippen molar-refractivity contribution in [3.8, 4) is 5.75 Å². The van der Waals surface area contributed by atoms with Crippen LogP contribution >= 0.6 is 23.2 Å². The van der Waals surface area contributed by atoms with Crippen LogP contribution in [0.15, 0.2) is 18.2 Å². The molecule has 1 aromatic heterocycles. The largest absolute Gasteiger partial charge is 0.494 e. The normalized spacial score (nSPS) is 10.8. The molecule has 1 aromatic carbocycles. The molecule has 0 spiro atoms. The van der Waals surface area contributed by atoms with Crippen LogP contribution in [0.2, 0.25) is 10.2 Å². The van der Waals surface area contributed by atoms with Gasteiger partial charge in [0.1, 0.15) is 5.75 Å². The van der Waals surface area contributed by atoms with Crippen LogP contribution in [0.1, 0.15) is 6.92 Å². The van der Waals surface area contributed by atoms with Crippen LogP contribution in [-0.2, 0) is 0 Å². The number of aromatic nitrogens is 1. The van der Waals surface area contributed by atoms with Crippen LogP contribution < -0.4 is 4.74 Å². The van der Waals surface area contributed by atoms with Gasteiger partial charge in [-0.15, -0.1) is 0 Å². The molecule has 0 aliphatic heterocycles. The van der Waals surface area contributed by atoms with Crippen molar-refractivity contribution >= 4 is 34.1 Å². The van der Waals surface area contributed by atoms with Crippen molar-refractivity contribution in [3.63, 3.8) is 0 Å². The number of halogens is 3. The maximum absolute atomic E-state index is 13.4. The molecule has 0 aliphatic carbocycles. The molecule has 0 N–H and O–H groups in total. The van der Waals surface area contributed by atoms with Gasteiger partial charge in [0.25, 0.3) is 0 Å². The molecule has 84 valence electrons. The highest BCUT2D eigenvalue weighted by Gasteiger charge is 2.12. The summed E-state index contributed by atoms with van der Waals surface area (Å²) in [7, 11) is 0. The number of hydrogen-bond donors (Lipinski definition) is 0. The summed E-state index contributed by atoms with van der Waals surface area (Å²) >= 11 is 11.4. The third-order valence-corrected chi connectivity index (χ3v) is 2.73. The molecule has 0 saturated heterocycles. The van der Waals surface area contributed by atoms with Gasteiger partial charge < -0.3 is 4.74 Å². The molecular weight excluding hydrogens is 252 g/mol. The summed E-state index contributed by atoms with van der Waals surface area (Å²) in [5.41, 5.74) is 0.542. The van der Waals surface area contributed by atoms with Gasteiger partial charge in [0.2, 0.25) is 0 Å². The Balaban J connectivity index is 2.68. The van der Waals surface area contributed by atoms with Gasteiger partial charge in [-0.2, -0.15) is 0 Å². The minimum absolute atomic E-state index is 0.0310. The second-order valence-corrected chi connectivity index (χ2v) is 3.88. The lowest BCUT2D eigenvalue weighted by Crippen LogP contribution is -1.93. The second kappa shape index (κ2) is 4.44. The summed E-state index contributed by atoms with van der Waals surface area (Å²) in [6.45, 7) is 2.40. The van der Waals surface area contributed by atoms with Crippen molar-refractivity contribution in [2.24, 2.45) is 0 Å². The molecule has 0 atom stereocenters. The molecule has 2 aromatic rings. The van der Waals surface area contributed by atoms with E-state index < -0.39 is 5.82 Å². The predicted molar refractivity (Wildman–Crippen MR) is 62.9 cm³/mol. The fourth-order valence-corrected chi connectivity index (χ4v) is 1.88. The maximum atomic E-state index is 13.4. The molecule has 5 heteroatoms. The number of nitrogens with zero attached hydrogens (tertiary/aromatic N) is 1. The van der Waals surface area contributed by atoms with E-state index in [1.165, 1.54) is 0 Å². The van der Waals surface area contributed by atoms with Gasteiger partial charge in [0, 0.05) is 5.39 Å². The van der Waals surface area contributed by atoms with E-state index in [1.54, 1.807) is 18.2 Å². The number of hydrogen-bond acceptors (Lipinski definition) is 2. The summed E-state index contributed by atoms with van der Waals surface area (Å²) in [6, 6.07) is 5.08. The van der Waals surface area contributed by atoms with Crippen molar-refractivity contribution in [1.29, 1.82) is 0 Å². The Morgan fingerprint density at radius 1 is 1.38 bits per heavy atom. The van der Waals surface area contributed by atoms with Crippen LogP contribution in [0.25, 0.3) is 10.9 Å². The van der Waals surface area contributed by atoms with E-state index in [0.717, 1.165) is 0 Å². The number of rotatable bonds is 2. The SMILES string of the molecule is CCOc1ccc2nc(Cl)c(F)c(Cl)c2c1. The smallest absolute Gasteiger partial charge is 0.179 e. The van der Waals surface area contributed by atoms with Gasteiger partial charge in [-0.1, -0.05) is 23.2 Å². The lowest BCUT2D eigenvalue weighted by molar-refractivity contribution is 0.340. The van der Waals surface area contributed by atoms with Crippen molar-refractivity contribution in [2.75, 3.05) is 6.61 Å². The number of ether oxygens (including phenoxy) is 1. The standard InChI is InChI=1S/C11H8Cl2FNO/c1-2-16-6-3-4-8-7(5-6)9(12)10(14)11(13)15-8/h3-5H,2H2,1H3. The van der Waals surface area contributed by atoms with Gasteiger partial charge in [0.15, 0.2) is 11.0 Å². The van der Waals surface area contributed by atoms with Crippen LogP contribution in [0, 0.1) is 5.82 Å². The lowest BCUT2D eigenvalue weighted by atomic mass is 10.2. The zero-order valence-corrected chi connectivity index (χ0v) is 9.94. The van der Waals surface area contributed by atoms with Crippen LogP contribution in [-0.4, -0.2) is 11.6 Å². The quantitative estimate of drug-likeness (QED) is 0.759. The van der Waals surface area contributed by atoms with E-state index in [0.29, 0.717) is 23.3 Å². The minimum Gasteiger partial charge on any atom is -0.494 e. The van der Waals surface area contributed by atoms with E-state index >= 15 is 0 Å². The zero-order valence-electron chi connectivity index (χ0n) is 8.43. The topological polar surface area (TPSA) is 22.1 Å². The third kappa shape index (κ3) is 1.93. The fraction of sp³-hybridized carbons (Fsp3) is 0.182. The molecule has 2 rings (SSSR count). The van der Waals surface area contributed by atoms with Crippen molar-refractivity contribution in [2.45, 2.75) is 6.92 Å².